The monoisotopic (exact) mass is 440 g/mol. The van der Waals surface area contributed by atoms with E-state index < -0.39 is 5.91 Å². The van der Waals surface area contributed by atoms with Gasteiger partial charge >= 0.3 is 0 Å². The van der Waals surface area contributed by atoms with Crippen LogP contribution in [-0.4, -0.2) is 28.2 Å². The number of hydrogen-bond acceptors (Lipinski definition) is 4. The van der Waals surface area contributed by atoms with Gasteiger partial charge in [-0.05, 0) is 36.8 Å². The number of benzene rings is 3. The van der Waals surface area contributed by atoms with Crippen molar-refractivity contribution >= 4 is 11.8 Å². The van der Waals surface area contributed by atoms with E-state index in [9.17, 15) is 9.59 Å². The molecule has 166 valence electrons. The summed E-state index contributed by atoms with van der Waals surface area (Å²) in [5.74, 6) is -0.0286. The summed E-state index contributed by atoms with van der Waals surface area (Å²) in [5, 5.41) is 4.62. The summed E-state index contributed by atoms with van der Waals surface area (Å²) >= 11 is 0. The Morgan fingerprint density at radius 2 is 1.55 bits per heavy atom. The minimum absolute atomic E-state index is 0.126. The fourth-order valence-electron chi connectivity index (χ4n) is 3.36. The fraction of sp³-hybridized carbons (Fsp3) is 0.115. The van der Waals surface area contributed by atoms with Gasteiger partial charge < -0.3 is 4.74 Å². The van der Waals surface area contributed by atoms with Crippen LogP contribution in [0.5, 0.6) is 5.75 Å². The normalized spacial score (nSPS) is 10.5. The van der Waals surface area contributed by atoms with E-state index in [1.165, 1.54) is 0 Å². The average Bonchev–Trinajstić information content (AvgIpc) is 3.31. The molecular formula is C26H24N4O3. The van der Waals surface area contributed by atoms with Gasteiger partial charge in [-0.25, -0.2) is 4.68 Å². The maximum Gasteiger partial charge on any atom is 0.273 e. The molecule has 1 heterocycles. The average molecular weight is 441 g/mol. The van der Waals surface area contributed by atoms with Crippen LogP contribution in [0.15, 0.2) is 91.1 Å². The van der Waals surface area contributed by atoms with Crippen LogP contribution in [0.4, 0.5) is 0 Å². The van der Waals surface area contributed by atoms with Gasteiger partial charge in [0.05, 0.1) is 24.3 Å². The number of hydrogen-bond donors (Lipinski definition) is 2. The first-order chi connectivity index (χ1) is 16.1. The lowest BCUT2D eigenvalue weighted by molar-refractivity contribution is -0.121. The molecule has 0 spiro atoms. The van der Waals surface area contributed by atoms with Gasteiger partial charge in [0.1, 0.15) is 11.4 Å². The zero-order valence-electron chi connectivity index (χ0n) is 18.2. The van der Waals surface area contributed by atoms with Crippen molar-refractivity contribution in [2.75, 3.05) is 6.61 Å². The molecule has 2 amide bonds. The third-order valence-corrected chi connectivity index (χ3v) is 4.94. The number of carbonyl (C=O) groups excluding carboxylic acids is 2. The number of amides is 2. The number of para-hydroxylation sites is 1. The second-order valence-electron chi connectivity index (χ2n) is 7.29. The Labute approximate surface area is 192 Å². The van der Waals surface area contributed by atoms with Crippen LogP contribution in [0.3, 0.4) is 0 Å². The molecule has 3 aromatic carbocycles. The Bertz CT molecular complexity index is 1220. The molecule has 0 aliphatic carbocycles. The van der Waals surface area contributed by atoms with Gasteiger partial charge in [-0.3, -0.25) is 20.4 Å². The Hall–Kier alpha value is -4.39. The first kappa shape index (κ1) is 21.8. The van der Waals surface area contributed by atoms with Crippen LogP contribution in [0.2, 0.25) is 0 Å². The van der Waals surface area contributed by atoms with Gasteiger partial charge in [0.25, 0.3) is 5.91 Å². The van der Waals surface area contributed by atoms with Gasteiger partial charge in [-0.15, -0.1) is 0 Å². The number of carbonyl (C=O) groups is 2. The molecule has 7 nitrogen and oxygen atoms in total. The number of nitrogens with one attached hydrogen (secondary N) is 2. The summed E-state index contributed by atoms with van der Waals surface area (Å²) in [6, 6.07) is 26.3. The lowest BCUT2D eigenvalue weighted by Crippen LogP contribution is -2.42. The van der Waals surface area contributed by atoms with E-state index in [1.54, 1.807) is 10.9 Å². The molecular weight excluding hydrogens is 416 g/mol. The Morgan fingerprint density at radius 1 is 0.879 bits per heavy atom. The molecule has 0 atom stereocenters. The van der Waals surface area contributed by atoms with Crippen LogP contribution in [-0.2, 0) is 11.2 Å². The minimum atomic E-state index is -0.448. The lowest BCUT2D eigenvalue weighted by Gasteiger charge is -2.08. The van der Waals surface area contributed by atoms with Gasteiger partial charge in [0.2, 0.25) is 5.91 Å². The summed E-state index contributed by atoms with van der Waals surface area (Å²) in [6.07, 6.45) is 1.78. The van der Waals surface area contributed by atoms with E-state index in [4.69, 9.17) is 4.74 Å². The van der Waals surface area contributed by atoms with Crippen molar-refractivity contribution in [2.24, 2.45) is 0 Å². The van der Waals surface area contributed by atoms with Gasteiger partial charge in [-0.1, -0.05) is 60.7 Å². The van der Waals surface area contributed by atoms with Gasteiger partial charge in [0.15, 0.2) is 0 Å². The van der Waals surface area contributed by atoms with Crippen LogP contribution in [0.1, 0.15) is 22.8 Å². The second kappa shape index (κ2) is 10.3. The van der Waals surface area contributed by atoms with Crippen molar-refractivity contribution in [3.63, 3.8) is 0 Å². The molecule has 33 heavy (non-hydrogen) atoms. The van der Waals surface area contributed by atoms with E-state index in [0.29, 0.717) is 17.9 Å². The molecule has 0 saturated carbocycles. The smallest absolute Gasteiger partial charge is 0.273 e. The molecule has 0 radical (unpaired) electrons. The van der Waals surface area contributed by atoms with Crippen molar-refractivity contribution in [2.45, 2.75) is 13.3 Å². The van der Waals surface area contributed by atoms with Gasteiger partial charge in [-0.2, -0.15) is 5.10 Å². The van der Waals surface area contributed by atoms with E-state index in [1.807, 2.05) is 91.9 Å². The second-order valence-corrected chi connectivity index (χ2v) is 7.29. The topological polar surface area (TPSA) is 85.3 Å². The van der Waals surface area contributed by atoms with Crippen LogP contribution in [0.25, 0.3) is 16.9 Å². The number of nitrogens with zero attached hydrogens (tertiary/aromatic N) is 2. The molecule has 0 saturated heterocycles. The molecule has 4 aromatic rings. The SMILES string of the molecule is CCOc1ccc(CC(=O)NNC(=O)c2cn(-c3ccccc3)nc2-c2ccccc2)cc1. The van der Waals surface area contributed by atoms with Crippen LogP contribution in [0, 0.1) is 0 Å². The van der Waals surface area contributed by atoms with E-state index in [2.05, 4.69) is 16.0 Å². The highest BCUT2D eigenvalue weighted by molar-refractivity contribution is 6.00. The highest BCUT2D eigenvalue weighted by Crippen LogP contribution is 2.23. The highest BCUT2D eigenvalue weighted by Gasteiger charge is 2.19. The number of aromatic nitrogens is 2. The van der Waals surface area contributed by atoms with E-state index in [-0.39, 0.29) is 12.3 Å². The maximum atomic E-state index is 13.0. The molecule has 4 rings (SSSR count). The summed E-state index contributed by atoms with van der Waals surface area (Å²) in [4.78, 5) is 25.3. The third kappa shape index (κ3) is 5.46. The predicted molar refractivity (Wildman–Crippen MR) is 126 cm³/mol. The van der Waals surface area contributed by atoms with Crippen molar-refractivity contribution in [3.05, 3.63) is 102 Å². The largest absolute Gasteiger partial charge is 0.494 e. The van der Waals surface area contributed by atoms with Crippen molar-refractivity contribution in [1.29, 1.82) is 0 Å². The highest BCUT2D eigenvalue weighted by atomic mass is 16.5. The molecule has 0 fully saturated rings. The standard InChI is InChI=1S/C26H24N4O3/c1-2-33-22-15-13-19(14-16-22)17-24(31)27-28-26(32)23-18-30(21-11-7-4-8-12-21)29-25(23)20-9-5-3-6-10-20/h3-16,18H,2,17H2,1H3,(H,27,31)(H,28,32). The zero-order chi connectivity index (χ0) is 23.0. The van der Waals surface area contributed by atoms with Crippen LogP contribution >= 0.6 is 0 Å². The Balaban J connectivity index is 1.48. The molecule has 0 aliphatic heterocycles. The minimum Gasteiger partial charge on any atom is -0.494 e. The Kier molecular flexibility index (Phi) is 6.80. The maximum absolute atomic E-state index is 13.0. The summed E-state index contributed by atoms with van der Waals surface area (Å²) in [7, 11) is 0. The molecule has 2 N–H and O–H groups in total. The van der Waals surface area contributed by atoms with E-state index >= 15 is 0 Å². The summed E-state index contributed by atoms with van der Waals surface area (Å²) in [6.45, 7) is 2.49. The molecule has 1 aromatic heterocycles. The molecule has 7 heteroatoms. The fourth-order valence-corrected chi connectivity index (χ4v) is 3.36. The van der Waals surface area contributed by atoms with Crippen molar-refractivity contribution in [1.82, 2.24) is 20.6 Å². The molecule has 0 unspecified atom stereocenters. The lowest BCUT2D eigenvalue weighted by atomic mass is 10.1. The van der Waals surface area contributed by atoms with Crippen molar-refractivity contribution < 1.29 is 14.3 Å². The van der Waals surface area contributed by atoms with Crippen LogP contribution < -0.4 is 15.6 Å². The van der Waals surface area contributed by atoms with Crippen molar-refractivity contribution in [3.8, 4) is 22.7 Å². The first-order valence-electron chi connectivity index (χ1n) is 10.7. The molecule has 0 bridgehead atoms. The zero-order valence-corrected chi connectivity index (χ0v) is 18.2. The number of hydrazine groups is 1. The Morgan fingerprint density at radius 3 is 2.21 bits per heavy atom. The summed E-state index contributed by atoms with van der Waals surface area (Å²) in [5.41, 5.74) is 8.32. The molecule has 0 aliphatic rings. The summed E-state index contributed by atoms with van der Waals surface area (Å²) < 4.78 is 7.06. The third-order valence-electron chi connectivity index (χ3n) is 4.94. The predicted octanol–water partition coefficient (Wildman–Crippen LogP) is 3.94. The van der Waals surface area contributed by atoms with Gasteiger partial charge in [0, 0.05) is 11.8 Å². The van der Waals surface area contributed by atoms with E-state index in [0.717, 1.165) is 22.6 Å². The first-order valence-corrected chi connectivity index (χ1v) is 10.7. The number of rotatable bonds is 7. The quantitative estimate of drug-likeness (QED) is 0.426. The number of ether oxygens (including phenoxy) is 1.